The number of anilines is 1. The lowest BCUT2D eigenvalue weighted by molar-refractivity contribution is -0.147. The zero-order valence-electron chi connectivity index (χ0n) is 10.2. The van der Waals surface area contributed by atoms with Crippen molar-refractivity contribution in [3.63, 3.8) is 0 Å². The summed E-state index contributed by atoms with van der Waals surface area (Å²) in [5.41, 5.74) is -0.827. The van der Waals surface area contributed by atoms with Gasteiger partial charge in [0.05, 0.1) is 12.5 Å². The molecule has 17 heavy (non-hydrogen) atoms. The standard InChI is InChI=1S/C11H17N3O3/c1-4-11(2,9(15)16)7-13-10-12-6-5-8(14-10)17-3/h5-6H,4,7H2,1-3H3,(H,15,16)(H,12,13,14). The third-order valence-corrected chi connectivity index (χ3v) is 2.77. The summed E-state index contributed by atoms with van der Waals surface area (Å²) >= 11 is 0. The molecule has 0 aliphatic rings. The van der Waals surface area contributed by atoms with Crippen LogP contribution >= 0.6 is 0 Å². The second kappa shape index (κ2) is 5.47. The van der Waals surface area contributed by atoms with Crippen molar-refractivity contribution < 1.29 is 14.6 Å². The van der Waals surface area contributed by atoms with Crippen molar-refractivity contribution in [2.75, 3.05) is 19.0 Å². The molecular formula is C11H17N3O3. The van der Waals surface area contributed by atoms with Gasteiger partial charge in [-0.05, 0) is 13.3 Å². The van der Waals surface area contributed by atoms with Crippen LogP contribution in [-0.2, 0) is 4.79 Å². The van der Waals surface area contributed by atoms with Gasteiger partial charge in [0.15, 0.2) is 0 Å². The van der Waals surface area contributed by atoms with Crippen LogP contribution in [-0.4, -0.2) is 34.7 Å². The molecule has 0 aromatic carbocycles. The number of hydrogen-bond donors (Lipinski definition) is 2. The first kappa shape index (κ1) is 13.2. The minimum atomic E-state index is -0.838. The Labute approximate surface area is 100 Å². The molecule has 0 saturated heterocycles. The highest BCUT2D eigenvalue weighted by Gasteiger charge is 2.31. The van der Waals surface area contributed by atoms with Gasteiger partial charge in [-0.3, -0.25) is 4.79 Å². The molecule has 6 nitrogen and oxygen atoms in total. The van der Waals surface area contributed by atoms with Crippen LogP contribution in [0.1, 0.15) is 20.3 Å². The molecule has 0 aliphatic heterocycles. The maximum Gasteiger partial charge on any atom is 0.311 e. The van der Waals surface area contributed by atoms with E-state index in [-0.39, 0.29) is 6.54 Å². The zero-order chi connectivity index (χ0) is 12.9. The third kappa shape index (κ3) is 3.30. The lowest BCUT2D eigenvalue weighted by atomic mass is 9.88. The largest absolute Gasteiger partial charge is 0.481 e. The third-order valence-electron chi connectivity index (χ3n) is 2.77. The fraction of sp³-hybridized carbons (Fsp3) is 0.545. The molecule has 1 aromatic heterocycles. The molecule has 0 fully saturated rings. The Hall–Kier alpha value is -1.85. The average Bonchev–Trinajstić information content (AvgIpc) is 2.36. The highest BCUT2D eigenvalue weighted by molar-refractivity contribution is 5.74. The minimum Gasteiger partial charge on any atom is -0.481 e. The normalized spacial score (nSPS) is 13.8. The molecular weight excluding hydrogens is 222 g/mol. The van der Waals surface area contributed by atoms with Crippen molar-refractivity contribution >= 4 is 11.9 Å². The van der Waals surface area contributed by atoms with Crippen molar-refractivity contribution in [1.29, 1.82) is 0 Å². The molecule has 1 unspecified atom stereocenters. The molecule has 0 spiro atoms. The Morgan fingerprint density at radius 2 is 2.35 bits per heavy atom. The molecule has 1 heterocycles. The van der Waals surface area contributed by atoms with Crippen molar-refractivity contribution in [3.05, 3.63) is 12.3 Å². The van der Waals surface area contributed by atoms with Crippen molar-refractivity contribution in [1.82, 2.24) is 9.97 Å². The van der Waals surface area contributed by atoms with E-state index in [4.69, 9.17) is 9.84 Å². The van der Waals surface area contributed by atoms with Crippen LogP contribution < -0.4 is 10.1 Å². The van der Waals surface area contributed by atoms with E-state index < -0.39 is 11.4 Å². The topological polar surface area (TPSA) is 84.3 Å². The van der Waals surface area contributed by atoms with Gasteiger partial charge in [0.25, 0.3) is 0 Å². The number of nitrogens with zero attached hydrogens (tertiary/aromatic N) is 2. The molecule has 0 radical (unpaired) electrons. The van der Waals surface area contributed by atoms with Gasteiger partial charge in [-0.25, -0.2) is 4.98 Å². The predicted molar refractivity (Wildman–Crippen MR) is 63.1 cm³/mol. The summed E-state index contributed by atoms with van der Waals surface area (Å²) < 4.78 is 4.95. The molecule has 1 atom stereocenters. The fourth-order valence-corrected chi connectivity index (χ4v) is 1.17. The van der Waals surface area contributed by atoms with Crippen LogP contribution in [0.25, 0.3) is 0 Å². The lowest BCUT2D eigenvalue weighted by Crippen LogP contribution is -2.34. The monoisotopic (exact) mass is 239 g/mol. The minimum absolute atomic E-state index is 0.270. The Morgan fingerprint density at radius 1 is 1.65 bits per heavy atom. The molecule has 6 heteroatoms. The van der Waals surface area contributed by atoms with E-state index in [2.05, 4.69) is 15.3 Å². The van der Waals surface area contributed by atoms with E-state index in [9.17, 15) is 4.79 Å². The lowest BCUT2D eigenvalue weighted by Gasteiger charge is -2.23. The second-order valence-corrected chi connectivity index (χ2v) is 4.00. The van der Waals surface area contributed by atoms with Gasteiger partial charge in [0, 0.05) is 18.8 Å². The first-order valence-corrected chi connectivity index (χ1v) is 5.36. The van der Waals surface area contributed by atoms with E-state index in [1.165, 1.54) is 7.11 Å². The Bertz CT molecular complexity index is 397. The highest BCUT2D eigenvalue weighted by Crippen LogP contribution is 2.21. The van der Waals surface area contributed by atoms with Gasteiger partial charge in [-0.2, -0.15) is 4.98 Å². The maximum absolute atomic E-state index is 11.1. The quantitative estimate of drug-likeness (QED) is 0.780. The van der Waals surface area contributed by atoms with Crippen LogP contribution in [0.5, 0.6) is 5.88 Å². The number of carbonyl (C=O) groups is 1. The van der Waals surface area contributed by atoms with Crippen LogP contribution in [0.3, 0.4) is 0 Å². The van der Waals surface area contributed by atoms with Gasteiger partial charge in [0.2, 0.25) is 11.8 Å². The van der Waals surface area contributed by atoms with Crippen LogP contribution in [0, 0.1) is 5.41 Å². The summed E-state index contributed by atoms with van der Waals surface area (Å²) in [5, 5.41) is 12.0. The molecule has 94 valence electrons. The number of ether oxygens (including phenoxy) is 1. The molecule has 0 saturated carbocycles. The summed E-state index contributed by atoms with van der Waals surface area (Å²) in [7, 11) is 1.51. The Kier molecular flexibility index (Phi) is 4.25. The van der Waals surface area contributed by atoms with E-state index in [0.29, 0.717) is 18.2 Å². The van der Waals surface area contributed by atoms with Crippen molar-refractivity contribution in [2.24, 2.45) is 5.41 Å². The summed E-state index contributed by atoms with van der Waals surface area (Å²) in [4.78, 5) is 19.1. The number of rotatable bonds is 6. The van der Waals surface area contributed by atoms with Crippen LogP contribution in [0.2, 0.25) is 0 Å². The zero-order valence-corrected chi connectivity index (χ0v) is 10.2. The molecule has 0 aliphatic carbocycles. The number of aliphatic carboxylic acids is 1. The summed E-state index contributed by atoms with van der Waals surface area (Å²) in [6, 6.07) is 1.63. The fourth-order valence-electron chi connectivity index (χ4n) is 1.17. The Morgan fingerprint density at radius 3 is 2.88 bits per heavy atom. The molecule has 2 N–H and O–H groups in total. The Balaban J connectivity index is 2.69. The molecule has 0 bridgehead atoms. The predicted octanol–water partition coefficient (Wildman–Crippen LogP) is 1.40. The second-order valence-electron chi connectivity index (χ2n) is 4.00. The molecule has 1 aromatic rings. The van der Waals surface area contributed by atoms with Gasteiger partial charge in [0.1, 0.15) is 0 Å². The summed E-state index contributed by atoms with van der Waals surface area (Å²) in [5.74, 6) is -0.0308. The number of methoxy groups -OCH3 is 1. The van der Waals surface area contributed by atoms with Gasteiger partial charge in [-0.15, -0.1) is 0 Å². The summed E-state index contributed by atoms with van der Waals surface area (Å²) in [6.07, 6.45) is 2.08. The number of nitrogens with one attached hydrogen (secondary N) is 1. The number of carboxylic acids is 1. The number of carboxylic acid groups (broad SMARTS) is 1. The van der Waals surface area contributed by atoms with E-state index in [1.54, 1.807) is 19.2 Å². The number of aromatic nitrogens is 2. The highest BCUT2D eigenvalue weighted by atomic mass is 16.5. The molecule has 0 amide bonds. The van der Waals surface area contributed by atoms with Gasteiger partial charge < -0.3 is 15.2 Å². The number of hydrogen-bond acceptors (Lipinski definition) is 5. The van der Waals surface area contributed by atoms with Crippen LogP contribution in [0.15, 0.2) is 12.3 Å². The first-order valence-electron chi connectivity index (χ1n) is 5.36. The first-order chi connectivity index (χ1) is 8.01. The van der Waals surface area contributed by atoms with Gasteiger partial charge >= 0.3 is 5.97 Å². The van der Waals surface area contributed by atoms with Crippen LogP contribution in [0.4, 0.5) is 5.95 Å². The summed E-state index contributed by atoms with van der Waals surface area (Å²) in [6.45, 7) is 3.79. The average molecular weight is 239 g/mol. The van der Waals surface area contributed by atoms with Crippen molar-refractivity contribution in [3.8, 4) is 5.88 Å². The van der Waals surface area contributed by atoms with E-state index >= 15 is 0 Å². The maximum atomic E-state index is 11.1. The smallest absolute Gasteiger partial charge is 0.311 e. The van der Waals surface area contributed by atoms with E-state index in [1.807, 2.05) is 6.92 Å². The molecule has 1 rings (SSSR count). The van der Waals surface area contributed by atoms with Crippen molar-refractivity contribution in [2.45, 2.75) is 20.3 Å². The van der Waals surface area contributed by atoms with E-state index in [0.717, 1.165) is 0 Å². The van der Waals surface area contributed by atoms with Gasteiger partial charge in [-0.1, -0.05) is 6.92 Å². The SMILES string of the molecule is CCC(C)(CNc1nccc(OC)n1)C(=O)O.